The molecule has 1 aliphatic heterocycles. The molecule has 1 aromatic rings. The molecule has 2 heterocycles. The van der Waals surface area contributed by atoms with Crippen molar-refractivity contribution in [3.63, 3.8) is 0 Å². The maximum absolute atomic E-state index is 5.78. The summed E-state index contributed by atoms with van der Waals surface area (Å²) in [5.74, 6) is 1.28. The summed E-state index contributed by atoms with van der Waals surface area (Å²) in [5.41, 5.74) is 2.29. The van der Waals surface area contributed by atoms with Gasteiger partial charge >= 0.3 is 0 Å². The Kier molecular flexibility index (Phi) is 2.59. The summed E-state index contributed by atoms with van der Waals surface area (Å²) in [6, 6.07) is 1.93. The SMILES string of the molecule is Cc1cc(CCl)nc(N2CC(C)(C)C2)n1. The summed E-state index contributed by atoms with van der Waals surface area (Å²) in [4.78, 5) is 11.0. The van der Waals surface area contributed by atoms with Crippen LogP contribution in [-0.2, 0) is 5.88 Å². The van der Waals surface area contributed by atoms with Crippen LogP contribution in [-0.4, -0.2) is 23.1 Å². The fourth-order valence-electron chi connectivity index (χ4n) is 1.96. The molecule has 4 heteroatoms. The molecule has 1 aliphatic rings. The van der Waals surface area contributed by atoms with Crippen molar-refractivity contribution in [2.24, 2.45) is 5.41 Å². The number of hydrogen-bond donors (Lipinski definition) is 0. The Hall–Kier alpha value is -0.830. The van der Waals surface area contributed by atoms with Gasteiger partial charge in [-0.25, -0.2) is 9.97 Å². The number of aromatic nitrogens is 2. The highest BCUT2D eigenvalue weighted by Gasteiger charge is 2.35. The zero-order valence-corrected chi connectivity index (χ0v) is 10.2. The van der Waals surface area contributed by atoms with Crippen LogP contribution in [0.2, 0.25) is 0 Å². The van der Waals surface area contributed by atoms with E-state index in [9.17, 15) is 0 Å². The van der Waals surface area contributed by atoms with E-state index >= 15 is 0 Å². The third-order valence-corrected chi connectivity index (χ3v) is 2.83. The third kappa shape index (κ3) is 2.23. The van der Waals surface area contributed by atoms with Crippen molar-refractivity contribution in [2.75, 3.05) is 18.0 Å². The van der Waals surface area contributed by atoms with Crippen LogP contribution in [0, 0.1) is 12.3 Å². The minimum atomic E-state index is 0.397. The zero-order valence-electron chi connectivity index (χ0n) is 9.42. The largest absolute Gasteiger partial charge is 0.340 e. The number of halogens is 1. The highest BCUT2D eigenvalue weighted by Crippen LogP contribution is 2.31. The summed E-state index contributed by atoms with van der Waals surface area (Å²) < 4.78 is 0. The van der Waals surface area contributed by atoms with E-state index in [1.807, 2.05) is 13.0 Å². The van der Waals surface area contributed by atoms with Crippen molar-refractivity contribution in [2.45, 2.75) is 26.7 Å². The maximum Gasteiger partial charge on any atom is 0.225 e. The monoisotopic (exact) mass is 225 g/mol. The lowest BCUT2D eigenvalue weighted by molar-refractivity contribution is 0.272. The minimum Gasteiger partial charge on any atom is -0.340 e. The molecule has 0 saturated carbocycles. The zero-order chi connectivity index (χ0) is 11.1. The maximum atomic E-state index is 5.78. The van der Waals surface area contributed by atoms with E-state index < -0.39 is 0 Å². The smallest absolute Gasteiger partial charge is 0.225 e. The fraction of sp³-hybridized carbons (Fsp3) is 0.636. The average Bonchev–Trinajstić information content (AvgIpc) is 2.13. The summed E-state index contributed by atoms with van der Waals surface area (Å²) in [6.45, 7) is 8.53. The van der Waals surface area contributed by atoms with E-state index in [2.05, 4.69) is 28.7 Å². The minimum absolute atomic E-state index is 0.397. The first kappa shape index (κ1) is 10.7. The van der Waals surface area contributed by atoms with Crippen molar-refractivity contribution < 1.29 is 0 Å². The Labute approximate surface area is 95.5 Å². The van der Waals surface area contributed by atoms with E-state index in [0.717, 1.165) is 30.4 Å². The number of alkyl halides is 1. The Morgan fingerprint density at radius 2 is 2.07 bits per heavy atom. The summed E-state index contributed by atoms with van der Waals surface area (Å²) >= 11 is 5.78. The van der Waals surface area contributed by atoms with Gasteiger partial charge in [0.1, 0.15) is 0 Å². The van der Waals surface area contributed by atoms with Crippen LogP contribution in [0.1, 0.15) is 25.2 Å². The third-order valence-electron chi connectivity index (χ3n) is 2.55. The van der Waals surface area contributed by atoms with Gasteiger partial charge in [-0.1, -0.05) is 13.8 Å². The van der Waals surface area contributed by atoms with Gasteiger partial charge in [-0.3, -0.25) is 0 Å². The molecule has 1 aromatic heterocycles. The van der Waals surface area contributed by atoms with Gasteiger partial charge in [-0.05, 0) is 18.4 Å². The van der Waals surface area contributed by atoms with Crippen molar-refractivity contribution in [3.05, 3.63) is 17.5 Å². The van der Waals surface area contributed by atoms with Crippen LogP contribution in [0.5, 0.6) is 0 Å². The molecule has 0 spiro atoms. The summed E-state index contributed by atoms with van der Waals surface area (Å²) in [6.07, 6.45) is 0. The molecule has 0 aliphatic carbocycles. The van der Waals surface area contributed by atoms with Crippen molar-refractivity contribution in [1.82, 2.24) is 9.97 Å². The highest BCUT2D eigenvalue weighted by atomic mass is 35.5. The fourth-order valence-corrected chi connectivity index (χ4v) is 2.09. The van der Waals surface area contributed by atoms with Gasteiger partial charge in [0, 0.05) is 18.8 Å². The second-order valence-corrected chi connectivity index (χ2v) is 5.22. The topological polar surface area (TPSA) is 29.0 Å². The molecule has 0 N–H and O–H groups in total. The van der Waals surface area contributed by atoms with Crippen LogP contribution in [0.25, 0.3) is 0 Å². The van der Waals surface area contributed by atoms with Crippen LogP contribution in [0.3, 0.4) is 0 Å². The van der Waals surface area contributed by atoms with Crippen LogP contribution >= 0.6 is 11.6 Å². The normalized spacial score (nSPS) is 18.8. The molecule has 15 heavy (non-hydrogen) atoms. The van der Waals surface area contributed by atoms with E-state index in [0.29, 0.717) is 11.3 Å². The molecule has 1 fully saturated rings. The number of rotatable bonds is 2. The van der Waals surface area contributed by atoms with Gasteiger partial charge in [0.2, 0.25) is 5.95 Å². The Morgan fingerprint density at radius 1 is 1.40 bits per heavy atom. The van der Waals surface area contributed by atoms with Gasteiger partial charge in [-0.2, -0.15) is 0 Å². The second-order valence-electron chi connectivity index (χ2n) is 4.95. The number of anilines is 1. The number of hydrogen-bond acceptors (Lipinski definition) is 3. The van der Waals surface area contributed by atoms with Crippen LogP contribution in [0.15, 0.2) is 6.07 Å². The standard InChI is InChI=1S/C11H16ClN3/c1-8-4-9(5-12)14-10(13-8)15-6-11(2,3)7-15/h4H,5-7H2,1-3H3. The predicted molar refractivity (Wildman–Crippen MR) is 62.3 cm³/mol. The first-order chi connectivity index (χ1) is 7.00. The number of nitrogens with zero attached hydrogens (tertiary/aromatic N) is 3. The molecule has 82 valence electrons. The molecule has 0 bridgehead atoms. The predicted octanol–water partition coefficient (Wildman–Crippen LogP) is 2.37. The first-order valence-electron chi connectivity index (χ1n) is 5.16. The number of aryl methyl sites for hydroxylation is 1. The molecular formula is C11H16ClN3. The second kappa shape index (κ2) is 3.63. The Bertz CT molecular complexity index is 368. The van der Waals surface area contributed by atoms with Gasteiger partial charge < -0.3 is 4.90 Å². The molecule has 0 amide bonds. The van der Waals surface area contributed by atoms with Gasteiger partial charge in [-0.15, -0.1) is 11.6 Å². The lowest BCUT2D eigenvalue weighted by atomic mass is 9.85. The Morgan fingerprint density at radius 3 is 2.60 bits per heavy atom. The van der Waals surface area contributed by atoms with E-state index in [4.69, 9.17) is 11.6 Å². The van der Waals surface area contributed by atoms with E-state index in [-0.39, 0.29) is 0 Å². The van der Waals surface area contributed by atoms with Gasteiger partial charge in [0.15, 0.2) is 0 Å². The quantitative estimate of drug-likeness (QED) is 0.724. The van der Waals surface area contributed by atoms with Gasteiger partial charge in [0.05, 0.1) is 11.6 Å². The molecule has 0 atom stereocenters. The van der Waals surface area contributed by atoms with Gasteiger partial charge in [0.25, 0.3) is 0 Å². The lowest BCUT2D eigenvalue weighted by Crippen LogP contribution is -2.53. The van der Waals surface area contributed by atoms with Crippen molar-refractivity contribution in [1.29, 1.82) is 0 Å². The summed E-state index contributed by atoms with van der Waals surface area (Å²) in [5, 5.41) is 0. The Balaban J connectivity index is 2.19. The van der Waals surface area contributed by atoms with Crippen LogP contribution < -0.4 is 4.90 Å². The molecule has 1 saturated heterocycles. The molecule has 2 rings (SSSR count). The molecule has 0 radical (unpaired) electrons. The summed E-state index contributed by atoms with van der Waals surface area (Å²) in [7, 11) is 0. The molecule has 3 nitrogen and oxygen atoms in total. The van der Waals surface area contributed by atoms with Crippen molar-refractivity contribution in [3.8, 4) is 0 Å². The molecule has 0 aromatic carbocycles. The molecular weight excluding hydrogens is 210 g/mol. The van der Waals surface area contributed by atoms with Crippen molar-refractivity contribution >= 4 is 17.5 Å². The molecule has 0 unspecified atom stereocenters. The highest BCUT2D eigenvalue weighted by molar-refractivity contribution is 6.16. The average molecular weight is 226 g/mol. The lowest BCUT2D eigenvalue weighted by Gasteiger charge is -2.45. The van der Waals surface area contributed by atoms with E-state index in [1.54, 1.807) is 0 Å². The van der Waals surface area contributed by atoms with Crippen LogP contribution in [0.4, 0.5) is 5.95 Å². The van der Waals surface area contributed by atoms with E-state index in [1.165, 1.54) is 0 Å². The first-order valence-corrected chi connectivity index (χ1v) is 5.69.